The van der Waals surface area contributed by atoms with Crippen molar-refractivity contribution in [1.29, 1.82) is 0 Å². The zero-order chi connectivity index (χ0) is 19.8. The Morgan fingerprint density at radius 3 is 2.77 bits per heavy atom. The summed E-state index contributed by atoms with van der Waals surface area (Å²) in [5.74, 6) is 0.690. The first kappa shape index (κ1) is 20.6. The summed E-state index contributed by atoms with van der Waals surface area (Å²) in [4.78, 5) is 23.8. The van der Waals surface area contributed by atoms with Crippen molar-refractivity contribution in [2.24, 2.45) is 7.05 Å². The van der Waals surface area contributed by atoms with Crippen LogP contribution in [0.3, 0.4) is 0 Å². The highest BCUT2D eigenvalue weighted by molar-refractivity contribution is 5.85. The molecule has 1 aliphatic heterocycles. The predicted octanol–water partition coefficient (Wildman–Crippen LogP) is 3.33. The highest BCUT2D eigenvalue weighted by Gasteiger charge is 2.42. The van der Waals surface area contributed by atoms with Gasteiger partial charge in [-0.15, -0.1) is 12.4 Å². The first-order valence-corrected chi connectivity index (χ1v) is 10.1. The molecule has 1 aromatic carbocycles. The summed E-state index contributed by atoms with van der Waals surface area (Å²) in [6.07, 6.45) is 6.62. The Labute approximate surface area is 182 Å². The minimum absolute atomic E-state index is 0. The highest BCUT2D eigenvalue weighted by atomic mass is 35.5. The molecule has 0 radical (unpaired) electrons. The molecule has 30 heavy (non-hydrogen) atoms. The Hall–Kier alpha value is -2.70. The van der Waals surface area contributed by atoms with E-state index >= 15 is 0 Å². The number of ether oxygens (including phenoxy) is 1. The zero-order valence-corrected chi connectivity index (χ0v) is 17.8. The summed E-state index contributed by atoms with van der Waals surface area (Å²) in [6.45, 7) is 2.03. The van der Waals surface area contributed by atoms with Crippen LogP contribution in [-0.2, 0) is 23.8 Å². The van der Waals surface area contributed by atoms with Gasteiger partial charge < -0.3 is 9.64 Å². The number of benzene rings is 1. The van der Waals surface area contributed by atoms with Crippen molar-refractivity contribution in [1.82, 2.24) is 14.5 Å². The molecule has 1 saturated heterocycles. The molecule has 0 amide bonds. The van der Waals surface area contributed by atoms with Crippen LogP contribution in [0.4, 0.5) is 5.95 Å². The lowest BCUT2D eigenvalue weighted by Crippen LogP contribution is -2.52. The van der Waals surface area contributed by atoms with E-state index in [1.807, 2.05) is 12.1 Å². The number of rotatable bonds is 2. The molecule has 1 unspecified atom stereocenters. The second kappa shape index (κ2) is 8.20. The van der Waals surface area contributed by atoms with Gasteiger partial charge in [0.2, 0.25) is 5.95 Å². The van der Waals surface area contributed by atoms with Crippen molar-refractivity contribution in [3.8, 4) is 11.3 Å². The van der Waals surface area contributed by atoms with E-state index in [9.17, 15) is 4.79 Å². The molecule has 2 aliphatic rings. The number of aromatic nitrogens is 3. The molecule has 3 aromatic rings. The number of hydrogen-bond acceptors (Lipinski definition) is 5. The molecule has 156 valence electrons. The van der Waals surface area contributed by atoms with E-state index in [1.54, 1.807) is 30.1 Å². The van der Waals surface area contributed by atoms with E-state index in [2.05, 4.69) is 34.1 Å². The van der Waals surface area contributed by atoms with E-state index < -0.39 is 0 Å². The lowest BCUT2D eigenvalue weighted by atomic mass is 9.78. The minimum atomic E-state index is -0.336. The predicted molar refractivity (Wildman–Crippen MR) is 119 cm³/mol. The monoisotopic (exact) mass is 424 g/mol. The highest BCUT2D eigenvalue weighted by Crippen LogP contribution is 2.41. The molecule has 1 atom stereocenters. The van der Waals surface area contributed by atoms with Crippen molar-refractivity contribution >= 4 is 18.4 Å². The van der Waals surface area contributed by atoms with Crippen LogP contribution in [0.1, 0.15) is 24.0 Å². The molecule has 1 fully saturated rings. The van der Waals surface area contributed by atoms with E-state index in [1.165, 1.54) is 11.1 Å². The quantitative estimate of drug-likeness (QED) is 0.631. The van der Waals surface area contributed by atoms with Gasteiger partial charge >= 0.3 is 0 Å². The van der Waals surface area contributed by atoms with Crippen LogP contribution < -0.4 is 10.5 Å². The molecular formula is C23H25ClN4O2. The summed E-state index contributed by atoms with van der Waals surface area (Å²) in [6, 6.07) is 13.9. The fourth-order valence-electron chi connectivity index (χ4n) is 4.63. The number of halogens is 1. The smallest absolute Gasteiger partial charge is 0.255 e. The number of nitrogens with zero attached hydrogens (tertiary/aromatic N) is 4. The van der Waals surface area contributed by atoms with Gasteiger partial charge in [0.05, 0.1) is 18.8 Å². The summed E-state index contributed by atoms with van der Waals surface area (Å²) in [5, 5.41) is 0. The van der Waals surface area contributed by atoms with E-state index in [4.69, 9.17) is 9.72 Å². The molecule has 5 rings (SSSR count). The maximum absolute atomic E-state index is 12.7. The summed E-state index contributed by atoms with van der Waals surface area (Å²) < 4.78 is 8.04. The Kier molecular flexibility index (Phi) is 5.62. The maximum Gasteiger partial charge on any atom is 0.255 e. The first-order valence-electron chi connectivity index (χ1n) is 10.1. The molecule has 0 bridgehead atoms. The average Bonchev–Trinajstić information content (AvgIpc) is 2.77. The largest absolute Gasteiger partial charge is 0.367 e. The minimum Gasteiger partial charge on any atom is -0.367 e. The van der Waals surface area contributed by atoms with Crippen molar-refractivity contribution < 1.29 is 4.74 Å². The first-order chi connectivity index (χ1) is 14.2. The summed E-state index contributed by atoms with van der Waals surface area (Å²) in [7, 11) is 1.79. The van der Waals surface area contributed by atoms with Crippen LogP contribution >= 0.6 is 12.4 Å². The Morgan fingerprint density at radius 1 is 1.13 bits per heavy atom. The molecule has 0 N–H and O–H groups in total. The normalized spacial score (nSPS) is 20.5. The van der Waals surface area contributed by atoms with Gasteiger partial charge in [0.1, 0.15) is 5.60 Å². The van der Waals surface area contributed by atoms with Crippen molar-refractivity contribution in [2.75, 3.05) is 24.6 Å². The lowest BCUT2D eigenvalue weighted by molar-refractivity contribution is -0.0726. The van der Waals surface area contributed by atoms with Gasteiger partial charge in [-0.25, -0.2) is 4.98 Å². The second-order valence-corrected chi connectivity index (χ2v) is 7.85. The fourth-order valence-corrected chi connectivity index (χ4v) is 4.63. The third-order valence-electron chi connectivity index (χ3n) is 6.09. The number of anilines is 1. The molecule has 1 spiro atoms. The zero-order valence-electron chi connectivity index (χ0n) is 17.0. The third kappa shape index (κ3) is 3.50. The summed E-state index contributed by atoms with van der Waals surface area (Å²) in [5.41, 5.74) is 3.82. The van der Waals surface area contributed by atoms with Crippen LogP contribution in [0, 0.1) is 0 Å². The molecule has 0 saturated carbocycles. The van der Waals surface area contributed by atoms with Crippen LogP contribution in [0.5, 0.6) is 0 Å². The molecule has 7 heteroatoms. The third-order valence-corrected chi connectivity index (χ3v) is 6.09. The average molecular weight is 425 g/mol. The Balaban J connectivity index is 0.00000218. The lowest BCUT2D eigenvalue weighted by Gasteiger charge is -2.46. The SMILES string of the molecule is Cl.Cn1c(N2CCOC3(CCCc4ccccc43)C2)nc(-c2ccncc2)cc1=O. The van der Waals surface area contributed by atoms with Crippen LogP contribution in [0.25, 0.3) is 11.3 Å². The maximum atomic E-state index is 12.7. The van der Waals surface area contributed by atoms with E-state index in [0.717, 1.165) is 24.8 Å². The Morgan fingerprint density at radius 2 is 1.93 bits per heavy atom. The van der Waals surface area contributed by atoms with Crippen LogP contribution in [0.2, 0.25) is 0 Å². The van der Waals surface area contributed by atoms with Gasteiger partial charge in [-0.2, -0.15) is 0 Å². The topological polar surface area (TPSA) is 60.2 Å². The van der Waals surface area contributed by atoms with Crippen molar-refractivity contribution in [3.63, 3.8) is 0 Å². The standard InChI is InChI=1S/C23H24N4O2.ClH/c1-26-21(28)15-20(18-8-11-24-12-9-18)25-22(26)27-13-14-29-23(16-27)10-4-6-17-5-2-3-7-19(17)23;/h2-3,5,7-9,11-12,15H,4,6,10,13-14,16H2,1H3;1H. The van der Waals surface area contributed by atoms with E-state index in [0.29, 0.717) is 31.3 Å². The number of hydrogen-bond donors (Lipinski definition) is 0. The van der Waals surface area contributed by atoms with E-state index in [-0.39, 0.29) is 23.6 Å². The molecule has 6 nitrogen and oxygen atoms in total. The molecule has 1 aliphatic carbocycles. The van der Waals surface area contributed by atoms with Crippen LogP contribution in [-0.4, -0.2) is 34.2 Å². The fraction of sp³-hybridized carbons (Fsp3) is 0.348. The molecular weight excluding hydrogens is 400 g/mol. The number of fused-ring (bicyclic) bond motifs is 2. The Bertz CT molecular complexity index is 1100. The van der Waals surface area contributed by atoms with Crippen molar-refractivity contribution in [2.45, 2.75) is 24.9 Å². The van der Waals surface area contributed by atoms with Gasteiger partial charge in [0.25, 0.3) is 5.56 Å². The number of aryl methyl sites for hydroxylation is 1. The second-order valence-electron chi connectivity index (χ2n) is 7.85. The van der Waals surface area contributed by atoms with Crippen molar-refractivity contribution in [3.05, 3.63) is 76.3 Å². The number of pyridine rings is 1. The van der Waals surface area contributed by atoms with Gasteiger partial charge in [-0.05, 0) is 42.5 Å². The van der Waals surface area contributed by atoms with Gasteiger partial charge in [-0.1, -0.05) is 24.3 Å². The molecule has 2 aromatic heterocycles. The van der Waals surface area contributed by atoms with Crippen LogP contribution in [0.15, 0.2) is 59.7 Å². The van der Waals surface area contributed by atoms with Gasteiger partial charge in [0.15, 0.2) is 0 Å². The molecule has 3 heterocycles. The van der Waals surface area contributed by atoms with Gasteiger partial charge in [0, 0.05) is 37.6 Å². The number of morpholine rings is 1. The summed E-state index contributed by atoms with van der Waals surface area (Å²) >= 11 is 0. The van der Waals surface area contributed by atoms with Gasteiger partial charge in [-0.3, -0.25) is 14.3 Å².